The summed E-state index contributed by atoms with van der Waals surface area (Å²) in [5.74, 6) is -0.748. The summed E-state index contributed by atoms with van der Waals surface area (Å²) >= 11 is 10.8. The molecule has 0 radical (unpaired) electrons. The van der Waals surface area contributed by atoms with Gasteiger partial charge in [-0.2, -0.15) is 0 Å². The summed E-state index contributed by atoms with van der Waals surface area (Å²) in [7, 11) is 0. The molecule has 1 heterocycles. The van der Waals surface area contributed by atoms with Gasteiger partial charge in [0.2, 0.25) is 0 Å². The number of benzene rings is 1. The first-order chi connectivity index (χ1) is 11.4. The summed E-state index contributed by atoms with van der Waals surface area (Å²) in [6, 6.07) is 9.67. The molecule has 0 aliphatic carbocycles. The lowest BCUT2D eigenvalue weighted by Gasteiger charge is -2.22. The molecule has 1 aromatic heterocycles. The lowest BCUT2D eigenvalue weighted by molar-refractivity contribution is -0.121. The fraction of sp³-hybridized carbons (Fsp3) is 0.294. The topological polar surface area (TPSA) is 62.2 Å². The van der Waals surface area contributed by atoms with Crippen molar-refractivity contribution in [1.82, 2.24) is 10.3 Å². The van der Waals surface area contributed by atoms with E-state index >= 15 is 0 Å². The van der Waals surface area contributed by atoms with E-state index in [1.165, 1.54) is 0 Å². The number of hydrogen-bond acceptors (Lipinski definition) is 3. The number of pyridine rings is 1. The summed E-state index contributed by atoms with van der Waals surface area (Å²) in [5, 5.41) is 12.5. The Labute approximate surface area is 149 Å². The van der Waals surface area contributed by atoms with E-state index in [0.29, 0.717) is 5.56 Å². The first-order valence-electron chi connectivity index (χ1n) is 7.28. The monoisotopic (exact) mass is 370 g/mol. The highest BCUT2D eigenvalue weighted by molar-refractivity contribution is 6.53. The average Bonchev–Trinajstić information content (AvgIpc) is 2.59. The minimum Gasteiger partial charge on any atom is -0.386 e. The predicted octanol–water partition coefficient (Wildman–Crippen LogP) is 3.35. The van der Waals surface area contributed by atoms with Gasteiger partial charge in [-0.1, -0.05) is 53.5 Å². The zero-order chi connectivity index (χ0) is 17.7. The number of carbonyl (C=O) groups is 1. The number of rotatable bonds is 6. The van der Waals surface area contributed by atoms with Crippen molar-refractivity contribution in [2.24, 2.45) is 0 Å². The molecule has 2 atom stereocenters. The Morgan fingerprint density at radius 3 is 2.33 bits per heavy atom. The summed E-state index contributed by atoms with van der Waals surface area (Å²) in [6.45, 7) is 0.956. The lowest BCUT2D eigenvalue weighted by Crippen LogP contribution is -2.43. The Bertz CT molecular complexity index is 678. The summed E-state index contributed by atoms with van der Waals surface area (Å²) < 4.78 is 13.1. The van der Waals surface area contributed by atoms with Gasteiger partial charge in [-0.05, 0) is 24.1 Å². The maximum absolute atomic E-state index is 13.1. The third-order valence-electron chi connectivity index (χ3n) is 3.57. The van der Waals surface area contributed by atoms with Crippen LogP contribution in [0.3, 0.4) is 0 Å². The van der Waals surface area contributed by atoms with E-state index in [-0.39, 0.29) is 0 Å². The molecule has 1 amide bonds. The number of halogens is 3. The molecule has 0 bridgehead atoms. The molecule has 0 aliphatic heterocycles. The number of hydrogen-bond donors (Lipinski definition) is 2. The standard InChI is InChI=1S/C17H17Cl2FN2O2/c1-10-2-3-13(9-21-10)11-4-6-12(7-5-11)15(23)14(8-20)22-17(24)16(18)19/h2-7,9,14-16,23H,8H2,1H3,(H,22,24). The number of aryl methyl sites for hydroxylation is 1. The SMILES string of the molecule is Cc1ccc(-c2ccc(C(O)C(CF)NC(=O)C(Cl)Cl)cc2)cn1. The minimum atomic E-state index is -1.32. The molecule has 7 heteroatoms. The van der Waals surface area contributed by atoms with Gasteiger partial charge >= 0.3 is 0 Å². The number of amides is 1. The van der Waals surface area contributed by atoms with Crippen LogP contribution >= 0.6 is 23.2 Å². The Kier molecular flexibility index (Phi) is 6.54. The van der Waals surface area contributed by atoms with E-state index in [9.17, 15) is 14.3 Å². The van der Waals surface area contributed by atoms with Gasteiger partial charge in [0.15, 0.2) is 4.84 Å². The van der Waals surface area contributed by atoms with Gasteiger partial charge in [0.05, 0.1) is 6.04 Å². The second kappa shape index (κ2) is 8.42. The molecule has 0 aliphatic rings. The number of alkyl halides is 3. The van der Waals surface area contributed by atoms with E-state index in [1.54, 1.807) is 30.5 Å². The normalized spacial score (nSPS) is 13.6. The summed E-state index contributed by atoms with van der Waals surface area (Å²) in [4.78, 5) is 14.4. The molecule has 4 nitrogen and oxygen atoms in total. The van der Waals surface area contributed by atoms with Gasteiger partial charge < -0.3 is 10.4 Å². The third kappa shape index (κ3) is 4.66. The molecule has 0 saturated heterocycles. The van der Waals surface area contributed by atoms with Gasteiger partial charge in [-0.15, -0.1) is 0 Å². The van der Waals surface area contributed by atoms with Crippen molar-refractivity contribution in [3.63, 3.8) is 0 Å². The number of aromatic nitrogens is 1. The van der Waals surface area contributed by atoms with Crippen molar-refractivity contribution in [1.29, 1.82) is 0 Å². The highest BCUT2D eigenvalue weighted by Crippen LogP contribution is 2.23. The minimum absolute atomic E-state index is 0.475. The van der Waals surface area contributed by atoms with Crippen LogP contribution in [0.4, 0.5) is 4.39 Å². The van der Waals surface area contributed by atoms with Crippen LogP contribution in [0.5, 0.6) is 0 Å². The van der Waals surface area contributed by atoms with Crippen LogP contribution in [0.2, 0.25) is 0 Å². The molecule has 0 fully saturated rings. The molecule has 0 saturated carbocycles. The van der Waals surface area contributed by atoms with Crippen LogP contribution < -0.4 is 5.32 Å². The second-order valence-electron chi connectivity index (χ2n) is 5.33. The van der Waals surface area contributed by atoms with E-state index in [0.717, 1.165) is 16.8 Å². The Hall–Kier alpha value is -1.69. The number of aliphatic hydroxyl groups is 1. The van der Waals surface area contributed by atoms with Gasteiger partial charge in [-0.3, -0.25) is 9.78 Å². The molecular weight excluding hydrogens is 354 g/mol. The summed E-state index contributed by atoms with van der Waals surface area (Å²) in [5.41, 5.74) is 3.25. The molecule has 2 rings (SSSR count). The molecule has 1 aromatic carbocycles. The van der Waals surface area contributed by atoms with Crippen molar-refractivity contribution in [3.05, 3.63) is 53.9 Å². The third-order valence-corrected chi connectivity index (χ3v) is 3.97. The van der Waals surface area contributed by atoms with Gasteiger partial charge in [-0.25, -0.2) is 4.39 Å². The van der Waals surface area contributed by atoms with Crippen LogP contribution in [-0.4, -0.2) is 33.6 Å². The van der Waals surface area contributed by atoms with Crippen molar-refractivity contribution < 1.29 is 14.3 Å². The predicted molar refractivity (Wildman–Crippen MR) is 92.8 cm³/mol. The smallest absolute Gasteiger partial charge is 0.253 e. The fourth-order valence-electron chi connectivity index (χ4n) is 2.19. The number of aliphatic hydroxyl groups excluding tert-OH is 1. The summed E-state index contributed by atoms with van der Waals surface area (Å²) in [6.07, 6.45) is 0.545. The van der Waals surface area contributed by atoms with Crippen LogP contribution in [0.25, 0.3) is 11.1 Å². The van der Waals surface area contributed by atoms with E-state index in [2.05, 4.69) is 10.3 Å². The molecule has 128 valence electrons. The maximum Gasteiger partial charge on any atom is 0.253 e. The van der Waals surface area contributed by atoms with Crippen molar-refractivity contribution >= 4 is 29.1 Å². The maximum atomic E-state index is 13.1. The highest BCUT2D eigenvalue weighted by Gasteiger charge is 2.25. The molecular formula is C17H17Cl2FN2O2. The largest absolute Gasteiger partial charge is 0.386 e. The van der Waals surface area contributed by atoms with Crippen molar-refractivity contribution in [2.75, 3.05) is 6.67 Å². The number of nitrogens with zero attached hydrogens (tertiary/aromatic N) is 1. The first-order valence-corrected chi connectivity index (χ1v) is 8.15. The van der Waals surface area contributed by atoms with Crippen molar-refractivity contribution in [3.8, 4) is 11.1 Å². The molecule has 2 unspecified atom stereocenters. The van der Waals surface area contributed by atoms with Crippen LogP contribution in [0.1, 0.15) is 17.4 Å². The fourth-order valence-corrected chi connectivity index (χ4v) is 2.32. The molecule has 0 spiro atoms. The average molecular weight is 371 g/mol. The van der Waals surface area contributed by atoms with Crippen LogP contribution in [-0.2, 0) is 4.79 Å². The Balaban J connectivity index is 2.13. The van der Waals surface area contributed by atoms with E-state index in [4.69, 9.17) is 23.2 Å². The quantitative estimate of drug-likeness (QED) is 0.766. The lowest BCUT2D eigenvalue weighted by atomic mass is 9.99. The molecule has 24 heavy (non-hydrogen) atoms. The van der Waals surface area contributed by atoms with Crippen molar-refractivity contribution in [2.45, 2.75) is 23.9 Å². The van der Waals surface area contributed by atoms with Gasteiger partial charge in [0.25, 0.3) is 5.91 Å². The zero-order valence-corrected chi connectivity index (χ0v) is 14.4. The number of nitrogens with one attached hydrogen (secondary N) is 1. The molecule has 2 N–H and O–H groups in total. The van der Waals surface area contributed by atoms with E-state index < -0.39 is 29.6 Å². The van der Waals surface area contributed by atoms with Gasteiger partial charge in [0, 0.05) is 17.5 Å². The Morgan fingerprint density at radius 1 is 1.21 bits per heavy atom. The number of carbonyl (C=O) groups excluding carboxylic acids is 1. The Morgan fingerprint density at radius 2 is 1.83 bits per heavy atom. The van der Waals surface area contributed by atoms with Crippen LogP contribution in [0, 0.1) is 6.92 Å². The highest BCUT2D eigenvalue weighted by atomic mass is 35.5. The van der Waals surface area contributed by atoms with E-state index in [1.807, 2.05) is 19.1 Å². The zero-order valence-electron chi connectivity index (χ0n) is 12.9. The van der Waals surface area contributed by atoms with Gasteiger partial charge in [0.1, 0.15) is 12.8 Å². The second-order valence-corrected chi connectivity index (χ2v) is 6.42. The molecule has 2 aromatic rings. The first kappa shape index (κ1) is 18.6. The van der Waals surface area contributed by atoms with Crippen LogP contribution in [0.15, 0.2) is 42.6 Å².